The second-order valence-electron chi connectivity index (χ2n) is 9.12. The summed E-state index contributed by atoms with van der Waals surface area (Å²) in [5.74, 6) is -1.30. The first-order valence-corrected chi connectivity index (χ1v) is 12.1. The molecule has 0 aliphatic carbocycles. The minimum atomic E-state index is -0.651. The number of Topliss-reactive ketones (excluding diaryl/α,β-unsaturated/α-hetero) is 1. The molecule has 1 unspecified atom stereocenters. The third-order valence-corrected chi connectivity index (χ3v) is 6.65. The van der Waals surface area contributed by atoms with Crippen LogP contribution in [0.4, 0.5) is 0 Å². The first-order chi connectivity index (χ1) is 17.4. The van der Waals surface area contributed by atoms with E-state index in [0.717, 1.165) is 11.1 Å². The van der Waals surface area contributed by atoms with Crippen molar-refractivity contribution in [1.29, 1.82) is 0 Å². The molecular weight excluding hydrogens is 458 g/mol. The van der Waals surface area contributed by atoms with Crippen LogP contribution in [0.1, 0.15) is 31.9 Å². The molecule has 4 atom stereocenters. The van der Waals surface area contributed by atoms with E-state index in [1.165, 1.54) is 14.0 Å². The Bertz CT molecular complexity index is 1140. The zero-order valence-electron chi connectivity index (χ0n) is 21.2. The van der Waals surface area contributed by atoms with Crippen LogP contribution in [0.3, 0.4) is 0 Å². The highest BCUT2D eigenvalue weighted by atomic mass is 16.6. The zero-order chi connectivity index (χ0) is 25.7. The van der Waals surface area contributed by atoms with Gasteiger partial charge in [0, 0.05) is 17.0 Å². The van der Waals surface area contributed by atoms with E-state index in [1.807, 2.05) is 67.6 Å². The summed E-state index contributed by atoms with van der Waals surface area (Å²) in [6, 6.07) is 19.7. The number of rotatable bonds is 9. The first kappa shape index (κ1) is 25.8. The number of esters is 1. The largest absolute Gasteiger partial charge is 0.466 e. The van der Waals surface area contributed by atoms with Crippen LogP contribution in [0, 0.1) is 5.92 Å². The Kier molecular flexibility index (Phi) is 8.36. The smallest absolute Gasteiger partial charge is 0.336 e. The molecule has 2 aromatic rings. The summed E-state index contributed by atoms with van der Waals surface area (Å²) in [4.78, 5) is 25.7. The number of methoxy groups -OCH3 is 1. The quantitative estimate of drug-likeness (QED) is 0.529. The summed E-state index contributed by atoms with van der Waals surface area (Å²) in [6.07, 6.45) is -1.53. The molecule has 0 aromatic heterocycles. The van der Waals surface area contributed by atoms with Gasteiger partial charge in [-0.3, -0.25) is 4.79 Å². The lowest BCUT2D eigenvalue weighted by Gasteiger charge is -2.35. The van der Waals surface area contributed by atoms with Gasteiger partial charge in [-0.2, -0.15) is 0 Å². The summed E-state index contributed by atoms with van der Waals surface area (Å²) in [5.41, 5.74) is 4.23. The van der Waals surface area contributed by atoms with Crippen molar-refractivity contribution in [3.8, 4) is 0 Å². The minimum absolute atomic E-state index is 0.141. The van der Waals surface area contributed by atoms with Crippen molar-refractivity contribution in [3.63, 3.8) is 0 Å². The number of carbonyl (C=O) groups is 2. The van der Waals surface area contributed by atoms with Crippen LogP contribution >= 0.6 is 0 Å². The highest BCUT2D eigenvalue weighted by Gasteiger charge is 2.49. The fourth-order valence-electron chi connectivity index (χ4n) is 5.01. The van der Waals surface area contributed by atoms with Gasteiger partial charge in [0.1, 0.15) is 12.2 Å². The highest BCUT2D eigenvalue weighted by molar-refractivity contribution is 6.00. The Balaban J connectivity index is 1.67. The third-order valence-electron chi connectivity index (χ3n) is 6.65. The van der Waals surface area contributed by atoms with E-state index < -0.39 is 24.1 Å². The molecular formula is C29H33NO6. The highest BCUT2D eigenvalue weighted by Crippen LogP contribution is 2.40. The van der Waals surface area contributed by atoms with E-state index in [2.05, 4.69) is 5.32 Å². The van der Waals surface area contributed by atoms with Crippen molar-refractivity contribution in [3.05, 3.63) is 94.3 Å². The van der Waals surface area contributed by atoms with Gasteiger partial charge in [0.15, 0.2) is 5.78 Å². The lowest BCUT2D eigenvalue weighted by atomic mass is 9.78. The Labute approximate surface area is 212 Å². The Morgan fingerprint density at radius 1 is 0.889 bits per heavy atom. The molecule has 2 aromatic carbocycles. The van der Waals surface area contributed by atoms with Crippen LogP contribution in [0.15, 0.2) is 83.2 Å². The fourth-order valence-corrected chi connectivity index (χ4v) is 5.01. The lowest BCUT2D eigenvalue weighted by molar-refractivity contribution is -0.138. The summed E-state index contributed by atoms with van der Waals surface area (Å²) in [5, 5.41) is 3.17. The predicted molar refractivity (Wildman–Crippen MR) is 135 cm³/mol. The van der Waals surface area contributed by atoms with Crippen LogP contribution in [0.2, 0.25) is 0 Å². The lowest BCUT2D eigenvalue weighted by Crippen LogP contribution is -2.45. The molecule has 1 N–H and O–H groups in total. The van der Waals surface area contributed by atoms with Gasteiger partial charge in [0.25, 0.3) is 0 Å². The SMILES string of the molecule is COC(=O)C1=C(C)NC(C)=C(C(C)=O)C1[C@H]1OC[C@@H](OCc2ccccc2)[C@@H]1OCc1ccccc1. The van der Waals surface area contributed by atoms with Crippen LogP contribution in [-0.4, -0.2) is 43.8 Å². The van der Waals surface area contributed by atoms with Gasteiger partial charge in [0.2, 0.25) is 0 Å². The Morgan fingerprint density at radius 2 is 1.44 bits per heavy atom. The number of allylic oxidation sites excluding steroid dienone is 2. The van der Waals surface area contributed by atoms with Crippen LogP contribution in [0.25, 0.3) is 0 Å². The summed E-state index contributed by atoms with van der Waals surface area (Å²) in [7, 11) is 1.34. The number of dihydropyridines is 1. The third kappa shape index (κ3) is 5.59. The molecule has 0 radical (unpaired) electrons. The topological polar surface area (TPSA) is 83.1 Å². The Morgan fingerprint density at radius 3 is 2.00 bits per heavy atom. The van der Waals surface area contributed by atoms with Gasteiger partial charge in [-0.05, 0) is 31.9 Å². The zero-order valence-corrected chi connectivity index (χ0v) is 21.2. The van der Waals surface area contributed by atoms with Gasteiger partial charge in [-0.1, -0.05) is 60.7 Å². The van der Waals surface area contributed by atoms with Crippen LogP contribution in [-0.2, 0) is 41.8 Å². The minimum Gasteiger partial charge on any atom is -0.466 e. The molecule has 1 saturated heterocycles. The van der Waals surface area contributed by atoms with E-state index in [-0.39, 0.29) is 18.5 Å². The van der Waals surface area contributed by atoms with E-state index in [9.17, 15) is 9.59 Å². The summed E-state index contributed by atoms with van der Waals surface area (Å²) in [6.45, 7) is 6.15. The monoisotopic (exact) mass is 491 g/mol. The van der Waals surface area contributed by atoms with Crippen LogP contribution in [0.5, 0.6) is 0 Å². The molecule has 2 heterocycles. The number of ketones is 1. The number of hydrogen-bond donors (Lipinski definition) is 1. The molecule has 190 valence electrons. The molecule has 0 amide bonds. The van der Waals surface area contributed by atoms with E-state index in [1.54, 1.807) is 6.92 Å². The van der Waals surface area contributed by atoms with Crippen molar-refractivity contribution in [2.75, 3.05) is 13.7 Å². The maximum Gasteiger partial charge on any atom is 0.336 e. The number of benzene rings is 2. The second-order valence-corrected chi connectivity index (χ2v) is 9.12. The van der Waals surface area contributed by atoms with Crippen molar-refractivity contribution in [2.45, 2.75) is 52.3 Å². The average Bonchev–Trinajstić information content (AvgIpc) is 3.28. The molecule has 0 spiro atoms. The van der Waals surface area contributed by atoms with Crippen molar-refractivity contribution >= 4 is 11.8 Å². The van der Waals surface area contributed by atoms with E-state index in [4.69, 9.17) is 18.9 Å². The molecule has 2 aliphatic heterocycles. The second kappa shape index (κ2) is 11.6. The van der Waals surface area contributed by atoms with E-state index in [0.29, 0.717) is 35.8 Å². The maximum absolute atomic E-state index is 12.9. The van der Waals surface area contributed by atoms with Crippen molar-refractivity contribution in [1.82, 2.24) is 5.32 Å². The number of carbonyl (C=O) groups excluding carboxylic acids is 2. The van der Waals surface area contributed by atoms with Crippen LogP contribution < -0.4 is 5.32 Å². The molecule has 7 nitrogen and oxygen atoms in total. The van der Waals surface area contributed by atoms with Gasteiger partial charge >= 0.3 is 5.97 Å². The molecule has 0 saturated carbocycles. The van der Waals surface area contributed by atoms with E-state index >= 15 is 0 Å². The molecule has 0 bridgehead atoms. The molecule has 2 aliphatic rings. The fraction of sp³-hybridized carbons (Fsp3) is 0.379. The Hall–Kier alpha value is -3.26. The summed E-state index contributed by atoms with van der Waals surface area (Å²) >= 11 is 0. The number of hydrogen-bond acceptors (Lipinski definition) is 7. The number of nitrogens with one attached hydrogen (secondary N) is 1. The van der Waals surface area contributed by atoms with Gasteiger partial charge in [-0.25, -0.2) is 4.79 Å². The average molecular weight is 492 g/mol. The molecule has 36 heavy (non-hydrogen) atoms. The van der Waals surface area contributed by atoms with Gasteiger partial charge < -0.3 is 24.3 Å². The van der Waals surface area contributed by atoms with Gasteiger partial charge in [-0.15, -0.1) is 0 Å². The predicted octanol–water partition coefficient (Wildman–Crippen LogP) is 4.09. The van der Waals surface area contributed by atoms with Crippen molar-refractivity contribution in [2.24, 2.45) is 5.92 Å². The molecule has 1 fully saturated rings. The normalized spacial score (nSPS) is 24.0. The van der Waals surface area contributed by atoms with Crippen molar-refractivity contribution < 1.29 is 28.5 Å². The first-order valence-electron chi connectivity index (χ1n) is 12.1. The number of ether oxygens (including phenoxy) is 4. The maximum atomic E-state index is 12.9. The molecule has 4 rings (SSSR count). The van der Waals surface area contributed by atoms with Gasteiger partial charge in [0.05, 0.1) is 44.5 Å². The standard InChI is InChI=1S/C29H33NO6/c1-18-24(20(3)31)26(25(19(2)30-18)29(32)33-4)28-27(35-16-22-13-9-6-10-14-22)23(17-36-28)34-15-21-11-7-5-8-12-21/h5-14,23,26-28,30H,15-17H2,1-4H3/t23-,26?,27+,28-/m1/s1. The summed E-state index contributed by atoms with van der Waals surface area (Å²) < 4.78 is 24.1. The molecule has 7 heteroatoms.